The number of ether oxygens (including phenoxy) is 1. The van der Waals surface area contributed by atoms with Gasteiger partial charge in [0, 0.05) is 30.1 Å². The molecule has 2 heterocycles. The number of nitrogens with zero attached hydrogens (tertiary/aromatic N) is 1. The zero-order valence-electron chi connectivity index (χ0n) is 13.5. The average molecular weight is 364 g/mol. The quantitative estimate of drug-likeness (QED) is 0.770. The van der Waals surface area contributed by atoms with Gasteiger partial charge in [0.2, 0.25) is 11.8 Å². The van der Waals surface area contributed by atoms with Gasteiger partial charge in [-0.3, -0.25) is 9.59 Å². The van der Waals surface area contributed by atoms with E-state index in [0.29, 0.717) is 41.8 Å². The number of hydrogen-bond donors (Lipinski definition) is 3. The number of thiazole rings is 1. The normalized spacial score (nSPS) is 17.1. The Morgan fingerprint density at radius 2 is 2.24 bits per heavy atom. The van der Waals surface area contributed by atoms with Crippen LogP contribution in [0.1, 0.15) is 6.92 Å². The number of halogens is 1. The molecule has 1 aromatic carbocycles. The summed E-state index contributed by atoms with van der Waals surface area (Å²) in [5.41, 5.74) is 1.09. The highest BCUT2D eigenvalue weighted by atomic mass is 32.1. The minimum absolute atomic E-state index is 0.234. The minimum atomic E-state index is -0.503. The van der Waals surface area contributed by atoms with Crippen molar-refractivity contribution in [3.63, 3.8) is 0 Å². The molecule has 2 amide bonds. The Labute approximate surface area is 147 Å². The molecule has 9 heteroatoms. The molecule has 132 valence electrons. The van der Waals surface area contributed by atoms with Crippen molar-refractivity contribution in [3.8, 4) is 11.3 Å². The predicted molar refractivity (Wildman–Crippen MR) is 93.1 cm³/mol. The molecule has 2 aromatic rings. The lowest BCUT2D eigenvalue weighted by Gasteiger charge is -2.22. The van der Waals surface area contributed by atoms with Gasteiger partial charge in [0.25, 0.3) is 0 Å². The van der Waals surface area contributed by atoms with E-state index in [0.717, 1.165) is 0 Å². The number of aromatic nitrogens is 1. The van der Waals surface area contributed by atoms with Crippen molar-refractivity contribution in [2.75, 3.05) is 30.4 Å². The van der Waals surface area contributed by atoms with Crippen LogP contribution in [-0.4, -0.2) is 42.6 Å². The van der Waals surface area contributed by atoms with Crippen LogP contribution in [0.4, 0.5) is 15.2 Å². The van der Waals surface area contributed by atoms with E-state index in [1.54, 1.807) is 11.4 Å². The van der Waals surface area contributed by atoms with Gasteiger partial charge in [0.15, 0.2) is 5.13 Å². The van der Waals surface area contributed by atoms with E-state index in [9.17, 15) is 14.0 Å². The van der Waals surface area contributed by atoms with Crippen LogP contribution in [0.15, 0.2) is 23.6 Å². The number of hydrogen-bond acceptors (Lipinski definition) is 6. The van der Waals surface area contributed by atoms with Crippen LogP contribution in [0.25, 0.3) is 11.3 Å². The lowest BCUT2D eigenvalue weighted by Crippen LogP contribution is -2.48. The van der Waals surface area contributed by atoms with Crippen LogP contribution >= 0.6 is 11.3 Å². The zero-order valence-corrected chi connectivity index (χ0v) is 14.3. The maximum Gasteiger partial charge on any atom is 0.245 e. The van der Waals surface area contributed by atoms with Gasteiger partial charge in [-0.05, 0) is 18.2 Å². The first-order valence-electron chi connectivity index (χ1n) is 7.68. The van der Waals surface area contributed by atoms with E-state index in [1.165, 1.54) is 30.4 Å². The lowest BCUT2D eigenvalue weighted by molar-refractivity contribution is -0.120. The molecule has 1 saturated heterocycles. The van der Waals surface area contributed by atoms with Gasteiger partial charge in [-0.2, -0.15) is 0 Å². The van der Waals surface area contributed by atoms with Gasteiger partial charge in [-0.15, -0.1) is 11.3 Å². The van der Waals surface area contributed by atoms with Crippen LogP contribution in [0, 0.1) is 5.82 Å². The highest BCUT2D eigenvalue weighted by molar-refractivity contribution is 7.14. The molecular formula is C16H17FN4O3S. The third kappa shape index (κ3) is 4.38. The summed E-state index contributed by atoms with van der Waals surface area (Å²) in [6, 6.07) is 3.95. The Kier molecular flexibility index (Phi) is 5.37. The molecule has 1 unspecified atom stereocenters. The van der Waals surface area contributed by atoms with E-state index in [1.807, 2.05) is 0 Å². The lowest BCUT2D eigenvalue weighted by atomic mass is 10.1. The van der Waals surface area contributed by atoms with Crippen LogP contribution in [0.2, 0.25) is 0 Å². The molecular weight excluding hydrogens is 347 g/mol. The number of amides is 2. The van der Waals surface area contributed by atoms with Crippen molar-refractivity contribution >= 4 is 34.0 Å². The largest absolute Gasteiger partial charge is 0.378 e. The number of carbonyl (C=O) groups excluding carboxylic acids is 2. The summed E-state index contributed by atoms with van der Waals surface area (Å²) < 4.78 is 19.5. The SMILES string of the molecule is CC(=O)Nc1ccc(-c2csc(NC(=O)C3COCCN3)n2)c(F)c1. The monoisotopic (exact) mass is 364 g/mol. The molecule has 3 rings (SSSR count). The molecule has 3 N–H and O–H groups in total. The van der Waals surface area contributed by atoms with Crippen molar-refractivity contribution < 1.29 is 18.7 Å². The topological polar surface area (TPSA) is 92.4 Å². The Bertz CT molecular complexity index is 789. The fourth-order valence-corrected chi connectivity index (χ4v) is 3.10. The Morgan fingerprint density at radius 3 is 2.92 bits per heavy atom. The Hall–Kier alpha value is -2.36. The number of carbonyl (C=O) groups is 2. The van der Waals surface area contributed by atoms with Crippen LogP contribution in [0.5, 0.6) is 0 Å². The van der Waals surface area contributed by atoms with E-state index in [2.05, 4.69) is 20.9 Å². The first-order valence-corrected chi connectivity index (χ1v) is 8.56. The van der Waals surface area contributed by atoms with Crippen molar-refractivity contribution in [1.29, 1.82) is 0 Å². The Morgan fingerprint density at radius 1 is 1.40 bits per heavy atom. The smallest absolute Gasteiger partial charge is 0.245 e. The zero-order chi connectivity index (χ0) is 17.8. The maximum atomic E-state index is 14.2. The van der Waals surface area contributed by atoms with Gasteiger partial charge in [-0.1, -0.05) is 0 Å². The van der Waals surface area contributed by atoms with E-state index < -0.39 is 11.9 Å². The van der Waals surface area contributed by atoms with E-state index >= 15 is 0 Å². The molecule has 0 saturated carbocycles. The summed E-state index contributed by atoms with van der Waals surface area (Å²) in [5, 5.41) is 10.3. The highest BCUT2D eigenvalue weighted by Gasteiger charge is 2.22. The number of benzene rings is 1. The van der Waals surface area contributed by atoms with Crippen LogP contribution in [0.3, 0.4) is 0 Å². The van der Waals surface area contributed by atoms with Crippen molar-refractivity contribution in [2.24, 2.45) is 0 Å². The average Bonchev–Trinajstić information content (AvgIpc) is 3.03. The summed E-state index contributed by atoms with van der Waals surface area (Å²) in [5.74, 6) is -1.01. The molecule has 0 radical (unpaired) electrons. The van der Waals surface area contributed by atoms with Gasteiger partial charge < -0.3 is 20.7 Å². The van der Waals surface area contributed by atoms with Crippen molar-refractivity contribution in [2.45, 2.75) is 13.0 Å². The van der Waals surface area contributed by atoms with Crippen molar-refractivity contribution in [1.82, 2.24) is 10.3 Å². The summed E-state index contributed by atoms with van der Waals surface area (Å²) in [7, 11) is 0. The van der Waals surface area contributed by atoms with E-state index in [-0.39, 0.29) is 11.8 Å². The molecule has 0 bridgehead atoms. The van der Waals surface area contributed by atoms with Crippen LogP contribution in [-0.2, 0) is 14.3 Å². The second-order valence-corrected chi connectivity index (χ2v) is 6.34. The first kappa shape index (κ1) is 17.5. The minimum Gasteiger partial charge on any atom is -0.378 e. The molecule has 1 aliphatic rings. The molecule has 25 heavy (non-hydrogen) atoms. The number of morpholine rings is 1. The summed E-state index contributed by atoms with van der Waals surface area (Å²) in [6.07, 6.45) is 0. The molecule has 7 nitrogen and oxygen atoms in total. The van der Waals surface area contributed by atoms with Crippen LogP contribution < -0.4 is 16.0 Å². The fraction of sp³-hybridized carbons (Fsp3) is 0.312. The third-order valence-electron chi connectivity index (χ3n) is 3.54. The molecule has 1 atom stereocenters. The maximum absolute atomic E-state index is 14.2. The standard InChI is InChI=1S/C16H17FN4O3S/c1-9(22)19-10-2-3-11(12(17)6-10)14-8-25-16(20-14)21-15(23)13-7-24-5-4-18-13/h2-3,6,8,13,18H,4-5,7H2,1H3,(H,19,22)(H,20,21,23). The fourth-order valence-electron chi connectivity index (χ4n) is 2.39. The second-order valence-electron chi connectivity index (χ2n) is 5.48. The molecule has 1 aromatic heterocycles. The van der Waals surface area contributed by atoms with Gasteiger partial charge in [0.05, 0.1) is 18.9 Å². The molecule has 1 aliphatic heterocycles. The molecule has 1 fully saturated rings. The summed E-state index contributed by atoms with van der Waals surface area (Å²) >= 11 is 1.21. The Balaban J connectivity index is 1.70. The first-order chi connectivity index (χ1) is 12.0. The van der Waals surface area contributed by atoms with E-state index in [4.69, 9.17) is 4.74 Å². The summed E-state index contributed by atoms with van der Waals surface area (Å²) in [6.45, 7) is 2.86. The number of rotatable bonds is 4. The number of anilines is 2. The predicted octanol–water partition coefficient (Wildman–Crippen LogP) is 1.83. The van der Waals surface area contributed by atoms with Gasteiger partial charge in [0.1, 0.15) is 11.9 Å². The summed E-state index contributed by atoms with van der Waals surface area (Å²) in [4.78, 5) is 27.4. The highest BCUT2D eigenvalue weighted by Crippen LogP contribution is 2.28. The number of nitrogens with one attached hydrogen (secondary N) is 3. The second kappa shape index (κ2) is 7.68. The van der Waals surface area contributed by atoms with Gasteiger partial charge >= 0.3 is 0 Å². The van der Waals surface area contributed by atoms with Crippen molar-refractivity contribution in [3.05, 3.63) is 29.4 Å². The third-order valence-corrected chi connectivity index (χ3v) is 4.30. The van der Waals surface area contributed by atoms with Gasteiger partial charge in [-0.25, -0.2) is 9.37 Å². The molecule has 0 aliphatic carbocycles. The molecule has 0 spiro atoms.